The summed E-state index contributed by atoms with van der Waals surface area (Å²) in [6.07, 6.45) is 3.47. The van der Waals surface area contributed by atoms with E-state index in [1.54, 1.807) is 49.5 Å². The van der Waals surface area contributed by atoms with Crippen LogP contribution in [0.1, 0.15) is 27.5 Å². The molecule has 0 bridgehead atoms. The van der Waals surface area contributed by atoms with Crippen LogP contribution in [0.3, 0.4) is 0 Å². The lowest BCUT2D eigenvalue weighted by atomic mass is 10.1. The van der Waals surface area contributed by atoms with Crippen molar-refractivity contribution in [2.75, 3.05) is 45.3 Å². The predicted molar refractivity (Wildman–Crippen MR) is 124 cm³/mol. The molecule has 0 N–H and O–H groups in total. The molecule has 34 heavy (non-hydrogen) atoms. The van der Waals surface area contributed by atoms with E-state index in [4.69, 9.17) is 13.9 Å². The van der Waals surface area contributed by atoms with Gasteiger partial charge in [-0.2, -0.15) is 10.2 Å². The number of ether oxygens (including phenoxy) is 2. The summed E-state index contributed by atoms with van der Waals surface area (Å²) in [5, 5.41) is 9.53. The Balaban J connectivity index is 1.45. The van der Waals surface area contributed by atoms with E-state index in [2.05, 4.69) is 11.1 Å². The molecule has 0 spiro atoms. The van der Waals surface area contributed by atoms with Crippen molar-refractivity contribution in [3.05, 3.63) is 71.0 Å². The number of amides is 1. The maximum Gasteiger partial charge on any atom is 0.256 e. The highest BCUT2D eigenvalue weighted by Gasteiger charge is 2.27. The van der Waals surface area contributed by atoms with Gasteiger partial charge in [0.25, 0.3) is 5.91 Å². The maximum absolute atomic E-state index is 14.0. The molecule has 1 fully saturated rings. The molecule has 1 aliphatic heterocycles. The van der Waals surface area contributed by atoms with Gasteiger partial charge in [0.15, 0.2) is 11.5 Å². The van der Waals surface area contributed by atoms with E-state index in [0.717, 1.165) is 5.56 Å². The summed E-state index contributed by atoms with van der Waals surface area (Å²) in [5.41, 5.74) is 1.06. The molecular formula is C25H23FN4O4. The minimum Gasteiger partial charge on any atom is -0.493 e. The number of piperazine rings is 1. The highest BCUT2D eigenvalue weighted by molar-refractivity contribution is 5.94. The van der Waals surface area contributed by atoms with Gasteiger partial charge in [0.2, 0.25) is 17.5 Å². The topological polar surface area (TPSA) is 91.8 Å². The number of aromatic nitrogens is 1. The van der Waals surface area contributed by atoms with Crippen LogP contribution in [0.2, 0.25) is 0 Å². The summed E-state index contributed by atoms with van der Waals surface area (Å²) in [7, 11) is 3.13. The van der Waals surface area contributed by atoms with E-state index >= 15 is 0 Å². The average molecular weight is 462 g/mol. The number of carbonyl (C=O) groups is 1. The third-order valence-corrected chi connectivity index (χ3v) is 5.52. The second kappa shape index (κ2) is 10.1. The van der Waals surface area contributed by atoms with Crippen molar-refractivity contribution in [1.29, 1.82) is 5.26 Å². The molecule has 1 aliphatic rings. The van der Waals surface area contributed by atoms with Crippen LogP contribution >= 0.6 is 0 Å². The summed E-state index contributed by atoms with van der Waals surface area (Å²) < 4.78 is 30.4. The first kappa shape index (κ1) is 22.9. The zero-order chi connectivity index (χ0) is 24.1. The number of halogens is 1. The monoisotopic (exact) mass is 462 g/mol. The van der Waals surface area contributed by atoms with Crippen molar-refractivity contribution in [3.8, 4) is 17.6 Å². The Hall–Kier alpha value is -4.32. The number of rotatable bonds is 6. The Kier molecular flexibility index (Phi) is 6.78. The summed E-state index contributed by atoms with van der Waals surface area (Å²) in [6, 6.07) is 13.5. The van der Waals surface area contributed by atoms with Crippen LogP contribution < -0.4 is 14.4 Å². The number of anilines is 1. The van der Waals surface area contributed by atoms with E-state index in [-0.39, 0.29) is 23.1 Å². The van der Waals surface area contributed by atoms with Gasteiger partial charge in [-0.25, -0.2) is 4.39 Å². The second-order valence-electron chi connectivity index (χ2n) is 7.52. The number of nitrogens with zero attached hydrogens (tertiary/aromatic N) is 4. The first-order valence-corrected chi connectivity index (χ1v) is 10.6. The molecule has 174 valence electrons. The van der Waals surface area contributed by atoms with Gasteiger partial charge < -0.3 is 23.7 Å². The molecular weight excluding hydrogens is 439 g/mol. The van der Waals surface area contributed by atoms with Crippen LogP contribution in [0.4, 0.5) is 10.3 Å². The summed E-state index contributed by atoms with van der Waals surface area (Å²) in [4.78, 5) is 20.4. The molecule has 0 aliphatic carbocycles. The fraction of sp³-hybridized carbons (Fsp3) is 0.240. The Morgan fingerprint density at radius 1 is 1.09 bits per heavy atom. The fourth-order valence-corrected chi connectivity index (χ4v) is 3.73. The predicted octanol–water partition coefficient (Wildman–Crippen LogP) is 3.84. The lowest BCUT2D eigenvalue weighted by Crippen LogP contribution is -2.49. The molecule has 0 atom stereocenters. The van der Waals surface area contributed by atoms with Gasteiger partial charge in [-0.05, 0) is 35.9 Å². The van der Waals surface area contributed by atoms with Gasteiger partial charge in [-0.1, -0.05) is 18.2 Å². The molecule has 0 saturated carbocycles. The number of carbonyl (C=O) groups excluding carboxylic acids is 1. The van der Waals surface area contributed by atoms with Crippen molar-refractivity contribution in [1.82, 2.24) is 9.88 Å². The summed E-state index contributed by atoms with van der Waals surface area (Å²) in [5.74, 6) is 0.964. The van der Waals surface area contributed by atoms with Crippen LogP contribution in [-0.4, -0.2) is 56.2 Å². The second-order valence-corrected chi connectivity index (χ2v) is 7.52. The normalized spacial score (nSPS) is 13.7. The minimum atomic E-state index is -0.539. The molecule has 0 unspecified atom stereocenters. The molecule has 2 heterocycles. The fourth-order valence-electron chi connectivity index (χ4n) is 3.73. The number of hydrogen-bond donors (Lipinski definition) is 0. The Morgan fingerprint density at radius 3 is 2.50 bits per heavy atom. The van der Waals surface area contributed by atoms with Crippen LogP contribution in [0.5, 0.6) is 11.5 Å². The molecule has 1 amide bonds. The maximum atomic E-state index is 14.0. The van der Waals surface area contributed by atoms with Crippen molar-refractivity contribution in [2.24, 2.45) is 0 Å². The molecule has 3 aromatic rings. The van der Waals surface area contributed by atoms with Gasteiger partial charge in [-0.3, -0.25) is 4.79 Å². The Morgan fingerprint density at radius 2 is 1.82 bits per heavy atom. The van der Waals surface area contributed by atoms with Crippen LogP contribution in [0.25, 0.3) is 12.2 Å². The summed E-state index contributed by atoms with van der Waals surface area (Å²) in [6.45, 7) is 1.61. The van der Waals surface area contributed by atoms with E-state index in [9.17, 15) is 14.4 Å². The summed E-state index contributed by atoms with van der Waals surface area (Å²) >= 11 is 0. The van der Waals surface area contributed by atoms with Crippen LogP contribution in [-0.2, 0) is 0 Å². The first-order chi connectivity index (χ1) is 16.5. The van der Waals surface area contributed by atoms with Crippen molar-refractivity contribution < 1.29 is 23.1 Å². The Labute approximate surface area is 196 Å². The molecule has 1 aromatic heterocycles. The SMILES string of the molecule is COc1ccc(C=Cc2nc(C#N)c(N3CCN(C(=O)c4ccccc4F)CC3)o2)cc1OC. The highest BCUT2D eigenvalue weighted by atomic mass is 19.1. The largest absolute Gasteiger partial charge is 0.493 e. The Bertz CT molecular complexity index is 1260. The molecule has 1 saturated heterocycles. The quantitative estimate of drug-likeness (QED) is 0.550. The van der Waals surface area contributed by atoms with E-state index in [1.807, 2.05) is 17.0 Å². The number of hydrogen-bond acceptors (Lipinski definition) is 7. The molecule has 0 radical (unpaired) electrons. The third kappa shape index (κ3) is 4.71. The molecule has 9 heteroatoms. The highest BCUT2D eigenvalue weighted by Crippen LogP contribution is 2.29. The minimum absolute atomic E-state index is 0.0518. The van der Waals surface area contributed by atoms with E-state index < -0.39 is 5.82 Å². The number of methoxy groups -OCH3 is 2. The first-order valence-electron chi connectivity index (χ1n) is 10.6. The average Bonchev–Trinajstić information content (AvgIpc) is 3.30. The van der Waals surface area contributed by atoms with E-state index in [1.165, 1.54) is 12.1 Å². The van der Waals surface area contributed by atoms with Crippen molar-refractivity contribution in [2.45, 2.75) is 0 Å². The molecule has 8 nitrogen and oxygen atoms in total. The number of oxazole rings is 1. The smallest absolute Gasteiger partial charge is 0.256 e. The van der Waals surface area contributed by atoms with Crippen molar-refractivity contribution >= 4 is 23.9 Å². The zero-order valence-electron chi connectivity index (χ0n) is 18.8. The lowest BCUT2D eigenvalue weighted by Gasteiger charge is -2.34. The van der Waals surface area contributed by atoms with Gasteiger partial charge in [-0.15, -0.1) is 0 Å². The van der Waals surface area contributed by atoms with Gasteiger partial charge >= 0.3 is 0 Å². The zero-order valence-corrected chi connectivity index (χ0v) is 18.8. The van der Waals surface area contributed by atoms with E-state index in [0.29, 0.717) is 43.6 Å². The molecule has 4 rings (SSSR count). The van der Waals surface area contributed by atoms with Gasteiger partial charge in [0.05, 0.1) is 19.8 Å². The number of benzene rings is 2. The van der Waals surface area contributed by atoms with Crippen LogP contribution in [0.15, 0.2) is 46.9 Å². The van der Waals surface area contributed by atoms with Gasteiger partial charge in [0.1, 0.15) is 11.9 Å². The van der Waals surface area contributed by atoms with Crippen molar-refractivity contribution in [3.63, 3.8) is 0 Å². The third-order valence-electron chi connectivity index (χ3n) is 5.52. The van der Waals surface area contributed by atoms with Crippen LogP contribution in [0, 0.1) is 17.1 Å². The number of nitriles is 1. The lowest BCUT2D eigenvalue weighted by molar-refractivity contribution is 0.0740. The molecule has 2 aromatic carbocycles. The van der Waals surface area contributed by atoms with Gasteiger partial charge in [0, 0.05) is 32.3 Å². The standard InChI is InChI=1S/C25H23FN4O4/c1-32-21-9-7-17(15-22(21)33-2)8-10-23-28-20(16-27)25(34-23)30-13-11-29(12-14-30)24(31)18-5-3-4-6-19(18)26/h3-10,15H,11-14H2,1-2H3.